The van der Waals surface area contributed by atoms with Crippen LogP contribution in [-0.2, 0) is 25.7 Å². The minimum absolute atomic E-state index is 0.411. The van der Waals surface area contributed by atoms with Gasteiger partial charge in [-0.25, -0.2) is 0 Å². The average molecular weight is 1190 g/mol. The third kappa shape index (κ3) is 8.83. The fourth-order valence-corrected chi connectivity index (χ4v) is 16.2. The summed E-state index contributed by atoms with van der Waals surface area (Å²) in [5, 5.41) is 7.69. The number of thiophene rings is 1. The second-order valence-electron chi connectivity index (χ2n) is 25.2. The van der Waals surface area contributed by atoms with Crippen molar-refractivity contribution in [2.45, 2.75) is 111 Å². The molecule has 0 aliphatic carbocycles. The van der Waals surface area contributed by atoms with Crippen LogP contribution < -0.4 is 29.4 Å². The molecule has 0 bridgehead atoms. The standard InChI is InChI=1S/C17H18N2.C15H18N2O.2C14H14N2O.C14H14N2S/c1-11-8-12(2)13-10-17-18(3)14-6-4-5-7-15(14)19(17)16(13)9-11;1-4-15-16(3)11(2)8-17(15)14-6-5-12-9-18-10-13(12)7-14;1-9-8-16-13(15(9)2)7-11-10-5-3-4-6-12(10)17-14(11)16;1-9-8-16-13(15(9)2)7-12-14(16)10-5-3-4-6-11(10)17-12;1-9-8-16-13(15(9)2)7-11-10-5-3-4-6-12(10)17-14(11)16/h4-9,17H,10H2,1-3H3;5-10,15H,4H2,1-3H3;3*3-6,8,13H,7H2,1-2H3. The van der Waals surface area contributed by atoms with Gasteiger partial charge in [-0.15, -0.1) is 11.3 Å². The molecule has 5 atom stereocenters. The maximum absolute atomic E-state index is 5.98. The van der Waals surface area contributed by atoms with Crippen molar-refractivity contribution in [3.63, 3.8) is 0 Å². The van der Waals surface area contributed by atoms with E-state index in [0.29, 0.717) is 30.8 Å². The molecule has 88 heavy (non-hydrogen) atoms. The Kier molecular flexibility index (Phi) is 13.4. The van der Waals surface area contributed by atoms with Gasteiger partial charge < -0.3 is 57.4 Å². The van der Waals surface area contributed by atoms with Crippen LogP contribution in [0.25, 0.3) is 42.8 Å². The summed E-state index contributed by atoms with van der Waals surface area (Å²) in [6.07, 6.45) is 20.0. The number of nitrogens with zero attached hydrogens (tertiary/aromatic N) is 10. The van der Waals surface area contributed by atoms with Crippen molar-refractivity contribution in [2.24, 2.45) is 0 Å². The molecule has 0 N–H and O–H groups in total. The third-order valence-corrected chi connectivity index (χ3v) is 21.3. The predicted molar refractivity (Wildman–Crippen MR) is 363 cm³/mol. The molecular formula is C74H78N10O3S. The van der Waals surface area contributed by atoms with Crippen molar-refractivity contribution in [2.75, 3.05) is 64.6 Å². The summed E-state index contributed by atoms with van der Waals surface area (Å²) in [6, 6.07) is 45.1. The SMILES string of the molecule is CC1=CN2c3c(oc4ccccc34)CC2N1C.CC1=CN2c3oc4ccccc4c3CC2N1C.CC1=CN2c3sc4ccccc4c3CC2N1C.CCC1N(C)C(C)=CN1c1ccc2cocc2c1.Cc1cc(C)c2c(c1)N1c3ccccc3N(C)C1C2. The van der Waals surface area contributed by atoms with Gasteiger partial charge >= 0.3 is 0 Å². The Morgan fingerprint density at radius 1 is 0.466 bits per heavy atom. The Bertz CT molecular complexity index is 4400. The minimum Gasteiger partial charge on any atom is -0.471 e. The zero-order chi connectivity index (χ0) is 60.5. The molecule has 448 valence electrons. The van der Waals surface area contributed by atoms with E-state index in [9.17, 15) is 0 Å². The number of furan rings is 3. The van der Waals surface area contributed by atoms with Crippen LogP contribution in [0, 0.1) is 13.8 Å². The van der Waals surface area contributed by atoms with Crippen LogP contribution in [-0.4, -0.2) is 85.7 Å². The van der Waals surface area contributed by atoms with E-state index in [0.717, 1.165) is 65.7 Å². The summed E-state index contributed by atoms with van der Waals surface area (Å²) < 4.78 is 18.6. The first-order valence-corrected chi connectivity index (χ1v) is 31.9. The van der Waals surface area contributed by atoms with Gasteiger partial charge in [-0.2, -0.15) is 0 Å². The Hall–Kier alpha value is -9.14. The van der Waals surface area contributed by atoms with Crippen molar-refractivity contribution >= 4 is 93.5 Å². The minimum atomic E-state index is 0.411. The lowest BCUT2D eigenvalue weighted by Crippen LogP contribution is -2.36. The van der Waals surface area contributed by atoms with Crippen LogP contribution >= 0.6 is 11.3 Å². The summed E-state index contributed by atoms with van der Waals surface area (Å²) in [5.74, 6) is 2.15. The van der Waals surface area contributed by atoms with Crippen LogP contribution in [0.15, 0.2) is 201 Å². The van der Waals surface area contributed by atoms with Gasteiger partial charge in [0.25, 0.3) is 0 Å². The van der Waals surface area contributed by atoms with E-state index < -0.39 is 0 Å². The van der Waals surface area contributed by atoms with Gasteiger partial charge in [0.15, 0.2) is 0 Å². The Morgan fingerprint density at radius 2 is 1.05 bits per heavy atom. The molecule has 0 saturated carbocycles. The number of hydrogen-bond donors (Lipinski definition) is 0. The number of allylic oxidation sites excluding steroid dienone is 4. The molecule has 9 aliphatic heterocycles. The number of aryl methyl sites for hydroxylation is 2. The van der Waals surface area contributed by atoms with Gasteiger partial charge in [-0.1, -0.05) is 73.7 Å². The molecule has 0 fully saturated rings. The summed E-state index contributed by atoms with van der Waals surface area (Å²) in [4.78, 5) is 23.6. The van der Waals surface area contributed by atoms with Crippen LogP contribution in [0.3, 0.4) is 0 Å². The van der Waals surface area contributed by atoms with E-state index in [-0.39, 0.29) is 0 Å². The monoisotopic (exact) mass is 1190 g/mol. The van der Waals surface area contributed by atoms with Crippen molar-refractivity contribution in [3.05, 3.63) is 221 Å². The van der Waals surface area contributed by atoms with E-state index in [2.05, 4.69) is 261 Å². The van der Waals surface area contributed by atoms with Gasteiger partial charge in [-0.05, 0) is 136 Å². The molecule has 0 spiro atoms. The van der Waals surface area contributed by atoms with Gasteiger partial charge in [0, 0.05) is 152 Å². The first-order chi connectivity index (χ1) is 42.6. The van der Waals surface area contributed by atoms with Crippen molar-refractivity contribution in [1.29, 1.82) is 0 Å². The maximum atomic E-state index is 5.98. The Balaban J connectivity index is 0.0000000924. The van der Waals surface area contributed by atoms with Crippen LogP contribution in [0.1, 0.15) is 74.6 Å². The van der Waals surface area contributed by atoms with Gasteiger partial charge in [0.05, 0.1) is 29.6 Å². The smallest absolute Gasteiger partial charge is 0.205 e. The first kappa shape index (κ1) is 55.4. The number of para-hydroxylation sites is 4. The van der Waals surface area contributed by atoms with Crippen molar-refractivity contribution < 1.29 is 13.3 Å². The summed E-state index contributed by atoms with van der Waals surface area (Å²) in [7, 11) is 10.8. The summed E-state index contributed by atoms with van der Waals surface area (Å²) >= 11 is 1.92. The fraction of sp³-hybridized carbons (Fsp3) is 0.297. The Labute approximate surface area is 520 Å². The molecule has 0 amide bonds. The molecular weight excluding hydrogens is 1110 g/mol. The van der Waals surface area contributed by atoms with Crippen LogP contribution in [0.4, 0.5) is 39.3 Å². The molecule has 9 aliphatic rings. The lowest BCUT2D eigenvalue weighted by molar-refractivity contribution is 0.327. The highest BCUT2D eigenvalue weighted by molar-refractivity contribution is 7.23. The number of benzene rings is 6. The topological polar surface area (TPSA) is 71.8 Å². The van der Waals surface area contributed by atoms with Gasteiger partial charge in [0.2, 0.25) is 5.88 Å². The molecule has 10 aromatic rings. The zero-order valence-corrected chi connectivity index (χ0v) is 53.4. The number of anilines is 7. The molecule has 13 heterocycles. The normalized spacial score (nSPS) is 21.0. The van der Waals surface area contributed by atoms with Gasteiger partial charge in [-0.3, -0.25) is 4.90 Å². The maximum Gasteiger partial charge on any atom is 0.205 e. The quantitative estimate of drug-likeness (QED) is 0.165. The molecule has 13 nitrogen and oxygen atoms in total. The molecule has 5 unspecified atom stereocenters. The van der Waals surface area contributed by atoms with Crippen molar-refractivity contribution in [1.82, 2.24) is 19.6 Å². The molecule has 0 radical (unpaired) electrons. The largest absolute Gasteiger partial charge is 0.471 e. The van der Waals surface area contributed by atoms with E-state index in [4.69, 9.17) is 13.3 Å². The Morgan fingerprint density at radius 3 is 1.80 bits per heavy atom. The number of rotatable bonds is 2. The number of fused-ring (bicyclic) bond motifs is 21. The molecule has 6 aromatic carbocycles. The summed E-state index contributed by atoms with van der Waals surface area (Å²) in [6.45, 7) is 15.3. The number of hydrogen-bond acceptors (Lipinski definition) is 14. The van der Waals surface area contributed by atoms with E-state index in [1.165, 1.54) is 105 Å². The average Bonchev–Trinajstić information content (AvgIpc) is 1.66. The summed E-state index contributed by atoms with van der Waals surface area (Å²) in [5.41, 5.74) is 21.0. The van der Waals surface area contributed by atoms with E-state index in [1.54, 1.807) is 12.5 Å². The lowest BCUT2D eigenvalue weighted by Gasteiger charge is -2.30. The molecule has 14 heteroatoms. The number of likely N-dealkylation sites (N-methyl/N-ethyl adjacent to an activating group) is 4. The van der Waals surface area contributed by atoms with Crippen LogP contribution in [0.5, 0.6) is 0 Å². The second-order valence-corrected chi connectivity index (χ2v) is 26.2. The predicted octanol–water partition coefficient (Wildman–Crippen LogP) is 16.8. The van der Waals surface area contributed by atoms with Crippen molar-refractivity contribution in [3.8, 4) is 0 Å². The highest BCUT2D eigenvalue weighted by Crippen LogP contribution is 2.52. The fourth-order valence-electron chi connectivity index (χ4n) is 15.0. The molecule has 0 saturated heterocycles. The third-order valence-electron chi connectivity index (χ3n) is 20.1. The van der Waals surface area contributed by atoms with Gasteiger partial charge in [0.1, 0.15) is 52.8 Å². The highest BCUT2D eigenvalue weighted by Gasteiger charge is 2.43. The first-order valence-electron chi connectivity index (χ1n) is 31.1. The molecule has 19 rings (SSSR count). The lowest BCUT2D eigenvalue weighted by atomic mass is 10.0. The molecule has 4 aromatic heterocycles. The zero-order valence-electron chi connectivity index (χ0n) is 52.6. The van der Waals surface area contributed by atoms with E-state index in [1.807, 2.05) is 35.6 Å². The second kappa shape index (κ2) is 21.3. The van der Waals surface area contributed by atoms with Crippen LogP contribution in [0.2, 0.25) is 0 Å². The van der Waals surface area contributed by atoms with E-state index >= 15 is 0 Å². The highest BCUT2D eigenvalue weighted by atomic mass is 32.1.